The van der Waals surface area contributed by atoms with Gasteiger partial charge in [0.2, 0.25) is 0 Å². The minimum atomic E-state index is -0.342. The van der Waals surface area contributed by atoms with Gasteiger partial charge in [-0.3, -0.25) is 0 Å². The molecule has 0 radical (unpaired) electrons. The van der Waals surface area contributed by atoms with Crippen LogP contribution >= 0.6 is 11.6 Å². The molecule has 0 heterocycles. The average Bonchev–Trinajstić information content (AvgIpc) is 2.72. The fraction of sp³-hybridized carbons (Fsp3) is 0.200. The molecule has 1 aliphatic rings. The highest BCUT2D eigenvalue weighted by Gasteiger charge is 2.28. The summed E-state index contributed by atoms with van der Waals surface area (Å²) in [4.78, 5) is 0. The van der Waals surface area contributed by atoms with Crippen molar-refractivity contribution in [1.82, 2.24) is 0 Å². The molecule has 0 saturated heterocycles. The predicted molar refractivity (Wildman–Crippen MR) is 75.8 cm³/mol. The van der Waals surface area contributed by atoms with E-state index in [9.17, 15) is 4.39 Å². The third kappa shape index (κ3) is 2.20. The number of para-hydroxylation sites is 1. The van der Waals surface area contributed by atoms with E-state index in [2.05, 4.69) is 5.32 Å². The van der Waals surface area contributed by atoms with Gasteiger partial charge in [0.25, 0.3) is 0 Å². The fourth-order valence-electron chi connectivity index (χ4n) is 2.62. The van der Waals surface area contributed by atoms with Crippen molar-refractivity contribution in [2.75, 3.05) is 5.32 Å². The maximum atomic E-state index is 13.8. The zero-order chi connectivity index (χ0) is 13.4. The largest absolute Gasteiger partial charge is 0.375 e. The molecular weight excluding hydrogens is 263 g/mol. The molecule has 4 heteroatoms. The fourth-order valence-corrected chi connectivity index (χ4v) is 2.84. The van der Waals surface area contributed by atoms with Gasteiger partial charge < -0.3 is 11.1 Å². The molecular formula is C15H14ClFN2. The molecule has 3 N–H and O–H groups in total. The Morgan fingerprint density at radius 1 is 1.11 bits per heavy atom. The molecule has 1 aliphatic carbocycles. The number of nitrogens with one attached hydrogen (secondary N) is 1. The highest BCUT2D eigenvalue weighted by Crippen LogP contribution is 2.40. The number of halogens is 2. The standard InChI is InChI=1S/C15H14ClFN2/c16-11-6-3-7-12(17)15(11)19-14-8-13(18)9-4-1-2-5-10(9)14/h1-7,13-14,19H,8,18H2. The molecule has 98 valence electrons. The highest BCUT2D eigenvalue weighted by atomic mass is 35.5. The van der Waals surface area contributed by atoms with E-state index in [-0.39, 0.29) is 17.9 Å². The number of nitrogens with two attached hydrogens (primary N) is 1. The van der Waals surface area contributed by atoms with Gasteiger partial charge in [0.15, 0.2) is 0 Å². The van der Waals surface area contributed by atoms with Crippen LogP contribution in [0.2, 0.25) is 5.02 Å². The zero-order valence-electron chi connectivity index (χ0n) is 10.2. The van der Waals surface area contributed by atoms with Gasteiger partial charge in [0.05, 0.1) is 16.8 Å². The maximum absolute atomic E-state index is 13.8. The molecule has 0 amide bonds. The minimum Gasteiger partial charge on any atom is -0.375 e. The Labute approximate surface area is 116 Å². The van der Waals surface area contributed by atoms with Crippen LogP contribution < -0.4 is 11.1 Å². The van der Waals surface area contributed by atoms with Crippen molar-refractivity contribution in [3.05, 3.63) is 64.4 Å². The van der Waals surface area contributed by atoms with Gasteiger partial charge in [-0.15, -0.1) is 0 Å². The van der Waals surface area contributed by atoms with Crippen molar-refractivity contribution in [3.8, 4) is 0 Å². The summed E-state index contributed by atoms with van der Waals surface area (Å²) in [6.07, 6.45) is 0.740. The summed E-state index contributed by atoms with van der Waals surface area (Å²) in [5, 5.41) is 3.56. The van der Waals surface area contributed by atoms with E-state index in [4.69, 9.17) is 17.3 Å². The molecule has 2 nitrogen and oxygen atoms in total. The topological polar surface area (TPSA) is 38.0 Å². The third-order valence-corrected chi connectivity index (χ3v) is 3.86. The van der Waals surface area contributed by atoms with Crippen LogP contribution in [0.5, 0.6) is 0 Å². The van der Waals surface area contributed by atoms with Crippen LogP contribution in [-0.4, -0.2) is 0 Å². The van der Waals surface area contributed by atoms with Crippen molar-refractivity contribution in [2.24, 2.45) is 5.73 Å². The Morgan fingerprint density at radius 2 is 1.84 bits per heavy atom. The second-order valence-corrected chi connectivity index (χ2v) is 5.17. The van der Waals surface area contributed by atoms with Crippen LogP contribution in [0.1, 0.15) is 29.6 Å². The number of rotatable bonds is 2. The van der Waals surface area contributed by atoms with Gasteiger partial charge in [-0.05, 0) is 29.7 Å². The second kappa shape index (κ2) is 4.83. The maximum Gasteiger partial charge on any atom is 0.147 e. The first-order valence-corrected chi connectivity index (χ1v) is 6.59. The SMILES string of the molecule is NC1CC(Nc2c(F)cccc2Cl)c2ccccc21. The number of hydrogen-bond acceptors (Lipinski definition) is 2. The van der Waals surface area contributed by atoms with E-state index >= 15 is 0 Å². The molecule has 3 rings (SSSR count). The molecule has 2 atom stereocenters. The molecule has 0 aliphatic heterocycles. The quantitative estimate of drug-likeness (QED) is 0.869. The lowest BCUT2D eigenvalue weighted by Gasteiger charge is -2.17. The Hall–Kier alpha value is -1.58. The van der Waals surface area contributed by atoms with E-state index in [0.29, 0.717) is 10.7 Å². The van der Waals surface area contributed by atoms with Crippen molar-refractivity contribution in [1.29, 1.82) is 0 Å². The van der Waals surface area contributed by atoms with E-state index in [0.717, 1.165) is 17.5 Å². The molecule has 0 bridgehead atoms. The molecule has 0 fully saturated rings. The lowest BCUT2D eigenvalue weighted by Crippen LogP contribution is -2.11. The summed E-state index contributed by atoms with van der Waals surface area (Å²) in [6, 6.07) is 12.6. The van der Waals surface area contributed by atoms with Crippen molar-refractivity contribution in [3.63, 3.8) is 0 Å². The first-order chi connectivity index (χ1) is 9.16. The summed E-state index contributed by atoms with van der Waals surface area (Å²) in [6.45, 7) is 0. The number of fused-ring (bicyclic) bond motifs is 1. The lowest BCUT2D eigenvalue weighted by atomic mass is 10.1. The number of benzene rings is 2. The summed E-state index contributed by atoms with van der Waals surface area (Å²) >= 11 is 6.04. The highest BCUT2D eigenvalue weighted by molar-refractivity contribution is 6.33. The van der Waals surface area contributed by atoms with Crippen molar-refractivity contribution in [2.45, 2.75) is 18.5 Å². The molecule has 2 unspecified atom stereocenters. The molecule has 2 aromatic carbocycles. The van der Waals surface area contributed by atoms with Crippen LogP contribution in [0.25, 0.3) is 0 Å². The minimum absolute atomic E-state index is 0.000556. The van der Waals surface area contributed by atoms with Crippen LogP contribution in [0.15, 0.2) is 42.5 Å². The number of hydrogen-bond donors (Lipinski definition) is 2. The van der Waals surface area contributed by atoms with Gasteiger partial charge in [0, 0.05) is 6.04 Å². The summed E-state index contributed by atoms with van der Waals surface area (Å²) in [5.74, 6) is -0.342. The van der Waals surface area contributed by atoms with Crippen LogP contribution in [-0.2, 0) is 0 Å². The second-order valence-electron chi connectivity index (χ2n) is 4.76. The van der Waals surface area contributed by atoms with Crippen molar-refractivity contribution < 1.29 is 4.39 Å². The van der Waals surface area contributed by atoms with Gasteiger partial charge in [0.1, 0.15) is 5.82 Å². The zero-order valence-corrected chi connectivity index (χ0v) is 11.0. The molecule has 0 saturated carbocycles. The van der Waals surface area contributed by atoms with Crippen molar-refractivity contribution >= 4 is 17.3 Å². The molecule has 19 heavy (non-hydrogen) atoms. The Balaban J connectivity index is 1.94. The monoisotopic (exact) mass is 276 g/mol. The summed E-state index contributed by atoms with van der Waals surface area (Å²) in [7, 11) is 0. The Bertz CT molecular complexity index is 595. The first kappa shape index (κ1) is 12.5. The normalized spacial score (nSPS) is 21.2. The Kier molecular flexibility index (Phi) is 3.17. The molecule has 2 aromatic rings. The molecule has 0 aromatic heterocycles. The van der Waals surface area contributed by atoms with E-state index in [1.165, 1.54) is 6.07 Å². The summed E-state index contributed by atoms with van der Waals surface area (Å²) in [5.41, 5.74) is 8.68. The van der Waals surface area contributed by atoms with Gasteiger partial charge >= 0.3 is 0 Å². The van der Waals surface area contributed by atoms with Crippen LogP contribution in [0.4, 0.5) is 10.1 Å². The lowest BCUT2D eigenvalue weighted by molar-refractivity contribution is 0.614. The van der Waals surface area contributed by atoms with E-state index < -0.39 is 0 Å². The first-order valence-electron chi connectivity index (χ1n) is 6.22. The number of anilines is 1. The van der Waals surface area contributed by atoms with Crippen LogP contribution in [0.3, 0.4) is 0 Å². The van der Waals surface area contributed by atoms with E-state index in [1.807, 2.05) is 24.3 Å². The van der Waals surface area contributed by atoms with Gasteiger partial charge in [-0.2, -0.15) is 0 Å². The van der Waals surface area contributed by atoms with Gasteiger partial charge in [-0.25, -0.2) is 4.39 Å². The third-order valence-electron chi connectivity index (χ3n) is 3.54. The van der Waals surface area contributed by atoms with Crippen LogP contribution in [0, 0.1) is 5.82 Å². The predicted octanol–water partition coefficient (Wildman–Crippen LogP) is 4.04. The Morgan fingerprint density at radius 3 is 2.58 bits per heavy atom. The van der Waals surface area contributed by atoms with E-state index in [1.54, 1.807) is 12.1 Å². The smallest absolute Gasteiger partial charge is 0.147 e. The van der Waals surface area contributed by atoms with Gasteiger partial charge in [-0.1, -0.05) is 41.9 Å². The average molecular weight is 277 g/mol. The summed E-state index contributed by atoms with van der Waals surface area (Å²) < 4.78 is 13.8. The molecule has 0 spiro atoms.